The van der Waals surface area contributed by atoms with Gasteiger partial charge in [0.15, 0.2) is 6.61 Å². The summed E-state index contributed by atoms with van der Waals surface area (Å²) in [5.41, 5.74) is 0.616. The third-order valence-electron chi connectivity index (χ3n) is 3.73. The van der Waals surface area contributed by atoms with Gasteiger partial charge in [-0.1, -0.05) is 36.4 Å². The first-order valence-electron chi connectivity index (χ1n) is 8.40. The Morgan fingerprint density at radius 3 is 2.54 bits per heavy atom. The minimum Gasteiger partial charge on any atom is -0.484 e. The molecule has 0 radical (unpaired) electrons. The SMILES string of the molecule is C=C(CCNC(=O)COc1ccc(Cl)c(F)c1)C(=O)NCc1ccccc1F. The zero-order valence-corrected chi connectivity index (χ0v) is 15.7. The van der Waals surface area contributed by atoms with E-state index in [0.29, 0.717) is 5.56 Å². The van der Waals surface area contributed by atoms with Crippen LogP contribution in [0.25, 0.3) is 0 Å². The summed E-state index contributed by atoms with van der Waals surface area (Å²) in [7, 11) is 0. The number of nitrogens with one attached hydrogen (secondary N) is 2. The summed E-state index contributed by atoms with van der Waals surface area (Å²) in [5, 5.41) is 5.10. The topological polar surface area (TPSA) is 67.4 Å². The number of benzene rings is 2. The van der Waals surface area contributed by atoms with Gasteiger partial charge in [0.05, 0.1) is 5.02 Å². The van der Waals surface area contributed by atoms with Gasteiger partial charge in [0.25, 0.3) is 5.91 Å². The molecule has 28 heavy (non-hydrogen) atoms. The summed E-state index contributed by atoms with van der Waals surface area (Å²) in [6.45, 7) is 3.56. The Bertz CT molecular complexity index is 874. The maximum Gasteiger partial charge on any atom is 0.257 e. The molecule has 2 aromatic carbocycles. The van der Waals surface area contributed by atoms with Crippen molar-refractivity contribution in [3.8, 4) is 5.75 Å². The Hall–Kier alpha value is -2.93. The van der Waals surface area contributed by atoms with Crippen molar-refractivity contribution in [2.45, 2.75) is 13.0 Å². The molecule has 0 aliphatic carbocycles. The highest BCUT2D eigenvalue weighted by molar-refractivity contribution is 6.30. The maximum atomic E-state index is 13.5. The average molecular weight is 409 g/mol. The molecule has 0 unspecified atom stereocenters. The molecular formula is C20H19ClF2N2O3. The van der Waals surface area contributed by atoms with Crippen LogP contribution in [0.4, 0.5) is 8.78 Å². The summed E-state index contributed by atoms with van der Waals surface area (Å²) in [6, 6.07) is 9.98. The van der Waals surface area contributed by atoms with E-state index < -0.39 is 23.4 Å². The molecule has 2 amide bonds. The number of ether oxygens (including phenoxy) is 1. The minimum atomic E-state index is -0.641. The fourth-order valence-electron chi connectivity index (χ4n) is 2.18. The van der Waals surface area contributed by atoms with E-state index in [9.17, 15) is 18.4 Å². The Labute approximate surface area is 166 Å². The van der Waals surface area contributed by atoms with Gasteiger partial charge in [0, 0.05) is 30.3 Å². The van der Waals surface area contributed by atoms with E-state index in [-0.39, 0.29) is 42.5 Å². The van der Waals surface area contributed by atoms with Gasteiger partial charge in [-0.15, -0.1) is 0 Å². The molecule has 0 saturated carbocycles. The van der Waals surface area contributed by atoms with E-state index in [1.807, 2.05) is 0 Å². The van der Waals surface area contributed by atoms with Gasteiger partial charge in [-0.25, -0.2) is 8.78 Å². The second-order valence-electron chi connectivity index (χ2n) is 5.84. The molecular weight excluding hydrogens is 390 g/mol. The Balaban J connectivity index is 1.66. The van der Waals surface area contributed by atoms with Crippen molar-refractivity contribution < 1.29 is 23.1 Å². The quantitative estimate of drug-likeness (QED) is 0.625. The lowest BCUT2D eigenvalue weighted by Gasteiger charge is -2.10. The number of amides is 2. The molecule has 0 aromatic heterocycles. The number of carbonyl (C=O) groups excluding carboxylic acids is 2. The fourth-order valence-corrected chi connectivity index (χ4v) is 2.29. The first-order valence-corrected chi connectivity index (χ1v) is 8.78. The normalized spacial score (nSPS) is 10.2. The van der Waals surface area contributed by atoms with Crippen LogP contribution in [0.1, 0.15) is 12.0 Å². The van der Waals surface area contributed by atoms with Gasteiger partial charge in [-0.2, -0.15) is 0 Å². The Kier molecular flexibility index (Phi) is 7.95. The molecule has 0 aliphatic rings. The van der Waals surface area contributed by atoms with E-state index in [0.717, 1.165) is 6.07 Å². The van der Waals surface area contributed by atoms with Crippen molar-refractivity contribution >= 4 is 23.4 Å². The molecule has 0 atom stereocenters. The first-order chi connectivity index (χ1) is 13.4. The second kappa shape index (κ2) is 10.4. The van der Waals surface area contributed by atoms with Crippen LogP contribution in [0.3, 0.4) is 0 Å². The van der Waals surface area contributed by atoms with Gasteiger partial charge >= 0.3 is 0 Å². The van der Waals surface area contributed by atoms with Crippen molar-refractivity contribution in [3.05, 3.63) is 76.8 Å². The average Bonchev–Trinajstić information content (AvgIpc) is 2.68. The third-order valence-corrected chi connectivity index (χ3v) is 4.03. The van der Waals surface area contributed by atoms with E-state index in [2.05, 4.69) is 17.2 Å². The van der Waals surface area contributed by atoms with Crippen molar-refractivity contribution in [1.82, 2.24) is 10.6 Å². The van der Waals surface area contributed by atoms with E-state index >= 15 is 0 Å². The maximum absolute atomic E-state index is 13.5. The number of carbonyl (C=O) groups is 2. The molecule has 0 saturated heterocycles. The summed E-state index contributed by atoms with van der Waals surface area (Å²) >= 11 is 5.56. The van der Waals surface area contributed by atoms with Crippen molar-refractivity contribution in [2.75, 3.05) is 13.2 Å². The van der Waals surface area contributed by atoms with Crippen LogP contribution in [-0.4, -0.2) is 25.0 Å². The van der Waals surface area contributed by atoms with Crippen LogP contribution in [0.5, 0.6) is 5.75 Å². The predicted octanol–water partition coefficient (Wildman–Crippen LogP) is 3.38. The lowest BCUT2D eigenvalue weighted by atomic mass is 10.1. The van der Waals surface area contributed by atoms with Crippen LogP contribution in [0, 0.1) is 11.6 Å². The predicted molar refractivity (Wildman–Crippen MR) is 102 cm³/mol. The molecule has 5 nitrogen and oxygen atoms in total. The van der Waals surface area contributed by atoms with Crippen molar-refractivity contribution in [2.24, 2.45) is 0 Å². The highest BCUT2D eigenvalue weighted by atomic mass is 35.5. The molecule has 0 bridgehead atoms. The standard InChI is InChI=1S/C20H19ClF2N2O3/c1-13(20(27)25-11-14-4-2-3-5-17(14)22)8-9-24-19(26)12-28-15-6-7-16(21)18(23)10-15/h2-7,10H,1,8-9,11-12H2,(H,24,26)(H,25,27). The highest BCUT2D eigenvalue weighted by Crippen LogP contribution is 2.20. The van der Waals surface area contributed by atoms with E-state index in [1.165, 1.54) is 18.2 Å². The van der Waals surface area contributed by atoms with Gasteiger partial charge in [0.1, 0.15) is 17.4 Å². The van der Waals surface area contributed by atoms with Crippen LogP contribution in [0.2, 0.25) is 5.02 Å². The van der Waals surface area contributed by atoms with E-state index in [4.69, 9.17) is 16.3 Å². The molecule has 2 N–H and O–H groups in total. The number of rotatable bonds is 9. The van der Waals surface area contributed by atoms with Crippen LogP contribution in [-0.2, 0) is 16.1 Å². The summed E-state index contributed by atoms with van der Waals surface area (Å²) in [5.74, 6) is -1.73. The molecule has 0 aliphatic heterocycles. The zero-order valence-electron chi connectivity index (χ0n) is 14.9. The summed E-state index contributed by atoms with van der Waals surface area (Å²) < 4.78 is 32.0. The zero-order chi connectivity index (χ0) is 20.5. The van der Waals surface area contributed by atoms with Crippen LogP contribution in [0.15, 0.2) is 54.6 Å². The number of hydrogen-bond donors (Lipinski definition) is 2. The minimum absolute atomic E-state index is 0.0383. The van der Waals surface area contributed by atoms with Crippen LogP contribution >= 0.6 is 11.6 Å². The van der Waals surface area contributed by atoms with Gasteiger partial charge < -0.3 is 15.4 Å². The number of hydrogen-bond acceptors (Lipinski definition) is 3. The fraction of sp³-hybridized carbons (Fsp3) is 0.200. The lowest BCUT2D eigenvalue weighted by Crippen LogP contribution is -2.31. The Morgan fingerprint density at radius 2 is 1.82 bits per heavy atom. The smallest absolute Gasteiger partial charge is 0.257 e. The first kappa shape index (κ1) is 21.4. The summed E-state index contributed by atoms with van der Waals surface area (Å²) in [4.78, 5) is 23.7. The van der Waals surface area contributed by atoms with Gasteiger partial charge in [-0.3, -0.25) is 9.59 Å². The third kappa shape index (κ3) is 6.66. The molecule has 2 rings (SSSR count). The Morgan fingerprint density at radius 1 is 1.07 bits per heavy atom. The monoisotopic (exact) mass is 408 g/mol. The van der Waals surface area contributed by atoms with Gasteiger partial charge in [-0.05, 0) is 24.6 Å². The summed E-state index contributed by atoms with van der Waals surface area (Å²) in [6.07, 6.45) is 0.213. The molecule has 0 spiro atoms. The highest BCUT2D eigenvalue weighted by Gasteiger charge is 2.10. The largest absolute Gasteiger partial charge is 0.484 e. The molecule has 0 fully saturated rings. The molecule has 8 heteroatoms. The van der Waals surface area contributed by atoms with E-state index in [1.54, 1.807) is 18.2 Å². The molecule has 2 aromatic rings. The molecule has 0 heterocycles. The van der Waals surface area contributed by atoms with Crippen molar-refractivity contribution in [1.29, 1.82) is 0 Å². The lowest BCUT2D eigenvalue weighted by molar-refractivity contribution is -0.123. The van der Waals surface area contributed by atoms with Crippen LogP contribution < -0.4 is 15.4 Å². The molecule has 148 valence electrons. The second-order valence-corrected chi connectivity index (χ2v) is 6.25. The number of halogens is 3. The van der Waals surface area contributed by atoms with Gasteiger partial charge in [0.2, 0.25) is 5.91 Å². The van der Waals surface area contributed by atoms with Crippen molar-refractivity contribution in [3.63, 3.8) is 0 Å².